The van der Waals surface area contributed by atoms with Gasteiger partial charge in [0.05, 0.1) is 26.4 Å². The van der Waals surface area contributed by atoms with Crippen LogP contribution in [0.3, 0.4) is 0 Å². The molecule has 0 fully saturated rings. The van der Waals surface area contributed by atoms with Crippen molar-refractivity contribution in [1.82, 2.24) is 0 Å². The number of aliphatic hydroxyl groups is 2. The van der Waals surface area contributed by atoms with Crippen molar-refractivity contribution in [2.45, 2.75) is 322 Å². The normalized spacial score (nSPS) is 14.8. The van der Waals surface area contributed by atoms with Crippen LogP contribution in [0, 0.1) is 0 Å². The molecule has 0 aromatic heterocycles. The maximum absolute atomic E-state index is 12.9. The van der Waals surface area contributed by atoms with Crippen LogP contribution in [0.25, 0.3) is 0 Å². The largest absolute Gasteiger partial charge is 0.472 e. The predicted molar refractivity (Wildman–Crippen MR) is 408 cm³/mol. The first-order valence-corrected chi connectivity index (χ1v) is 41.5. The van der Waals surface area contributed by atoms with Gasteiger partial charge >= 0.3 is 33.6 Å². The van der Waals surface area contributed by atoms with Crippen LogP contribution in [0.5, 0.6) is 0 Å². The molecule has 0 heterocycles. The number of hydrogen-bond acceptors (Lipinski definition) is 14. The van der Waals surface area contributed by atoms with Crippen molar-refractivity contribution < 1.29 is 75.8 Å². The summed E-state index contributed by atoms with van der Waals surface area (Å²) < 4.78 is 60.9. The molecule has 568 valence electrons. The average molecular weight is 1430 g/mol. The van der Waals surface area contributed by atoms with Crippen LogP contribution < -0.4 is 0 Å². The fourth-order valence-corrected chi connectivity index (χ4v) is 11.7. The van der Waals surface area contributed by atoms with Gasteiger partial charge in [0, 0.05) is 19.3 Å². The van der Waals surface area contributed by atoms with Gasteiger partial charge < -0.3 is 34.2 Å². The van der Waals surface area contributed by atoms with Crippen molar-refractivity contribution >= 4 is 33.6 Å². The Labute approximate surface area is 601 Å². The van der Waals surface area contributed by atoms with Crippen LogP contribution in [-0.2, 0) is 55.8 Å². The third-order valence-electron chi connectivity index (χ3n) is 15.9. The molecule has 16 nitrogen and oxygen atoms in total. The number of rotatable bonds is 72. The average Bonchev–Trinajstić information content (AvgIpc) is 1.32. The number of phosphoric ester groups is 2. The predicted octanol–water partition coefficient (Wildman–Crippen LogP) is 22.3. The van der Waals surface area contributed by atoms with Gasteiger partial charge in [0.15, 0.2) is 6.10 Å². The van der Waals surface area contributed by atoms with Crippen LogP contribution in [-0.4, -0.2) is 95.9 Å². The molecular weight excluding hydrogens is 1290 g/mol. The number of carbonyl (C=O) groups excluding carboxylic acids is 3. The molecule has 5 atom stereocenters. The summed E-state index contributed by atoms with van der Waals surface area (Å²) in [5.41, 5.74) is 0. The van der Waals surface area contributed by atoms with E-state index in [1.54, 1.807) is 0 Å². The standard InChI is InChI=1S/C81H138O16P2/c1-4-7-10-13-16-19-22-24-26-28-30-31-32-33-34-35-36-37-38-39-40-41-42-43-45-47-48-50-53-55-58-61-64-67-79(84)91-70-76(82)71-93-98(87,88)94-72-77(83)73-95-99(89,90)96-75-78(97-81(86)69-66-63-60-57-52-21-18-15-12-9-6-3)74-92-80(85)68-65-62-59-56-54-51-49-46-44-29-27-25-23-20-17-14-11-8-5-2/h7-8,10-11,16-17,19-20,24-27,30-31,33-34,44,46,51,54,59,62,76-78,82-83H,4-6,9,12-15,18,21-23,28-29,32,35-43,45,47-50,52-53,55-58,60-61,63-75H2,1-3H3,(H,87,88)(H,89,90)/b10-7-,11-8-,19-16-,20-17-,26-24-,27-25-,31-30-,34-33-,46-44-,54-51-,62-59-. The Kier molecular flexibility index (Phi) is 70.2. The van der Waals surface area contributed by atoms with E-state index in [0.717, 1.165) is 109 Å². The summed E-state index contributed by atoms with van der Waals surface area (Å²) in [4.78, 5) is 58.4. The molecule has 0 aliphatic carbocycles. The summed E-state index contributed by atoms with van der Waals surface area (Å²) in [5.74, 6) is -1.67. The molecule has 0 saturated carbocycles. The lowest BCUT2D eigenvalue weighted by atomic mass is 10.0. The van der Waals surface area contributed by atoms with E-state index in [0.29, 0.717) is 25.7 Å². The molecule has 0 amide bonds. The monoisotopic (exact) mass is 1430 g/mol. The minimum Gasteiger partial charge on any atom is -0.463 e. The molecule has 0 radical (unpaired) electrons. The first kappa shape index (κ1) is 94.7. The summed E-state index contributed by atoms with van der Waals surface area (Å²) in [7, 11) is -9.80. The molecule has 99 heavy (non-hydrogen) atoms. The summed E-state index contributed by atoms with van der Waals surface area (Å²) in [6.07, 6.45) is 88.4. The van der Waals surface area contributed by atoms with Gasteiger partial charge in [-0.15, -0.1) is 0 Å². The quantitative estimate of drug-likeness (QED) is 0.0146. The van der Waals surface area contributed by atoms with Crippen LogP contribution >= 0.6 is 15.6 Å². The molecule has 0 aromatic rings. The van der Waals surface area contributed by atoms with Crippen molar-refractivity contribution in [2.24, 2.45) is 0 Å². The summed E-state index contributed by atoms with van der Waals surface area (Å²) in [5, 5.41) is 20.6. The Morgan fingerprint density at radius 2 is 0.556 bits per heavy atom. The fraction of sp³-hybridized carbons (Fsp3) is 0.691. The third kappa shape index (κ3) is 74.7. The van der Waals surface area contributed by atoms with E-state index in [-0.39, 0.29) is 19.3 Å². The molecule has 0 bridgehead atoms. The molecule has 4 N–H and O–H groups in total. The zero-order valence-electron chi connectivity index (χ0n) is 61.9. The number of allylic oxidation sites excluding steroid dienone is 22. The summed E-state index contributed by atoms with van der Waals surface area (Å²) in [6.45, 7) is 2.36. The molecular formula is C81H138O16P2. The van der Waals surface area contributed by atoms with E-state index in [1.165, 1.54) is 128 Å². The lowest BCUT2D eigenvalue weighted by molar-refractivity contribution is -0.161. The highest BCUT2D eigenvalue weighted by Gasteiger charge is 2.29. The molecule has 0 saturated heterocycles. The minimum atomic E-state index is -4.94. The molecule has 0 aliphatic rings. The van der Waals surface area contributed by atoms with E-state index >= 15 is 0 Å². The second-order valence-corrected chi connectivity index (χ2v) is 28.3. The molecule has 0 aromatic carbocycles. The fourth-order valence-electron chi connectivity index (χ4n) is 10.1. The lowest BCUT2D eigenvalue weighted by Crippen LogP contribution is -2.30. The van der Waals surface area contributed by atoms with Crippen molar-refractivity contribution in [3.8, 4) is 0 Å². The van der Waals surface area contributed by atoms with Gasteiger partial charge in [0.2, 0.25) is 0 Å². The zero-order valence-corrected chi connectivity index (χ0v) is 63.7. The maximum Gasteiger partial charge on any atom is 0.472 e. The van der Waals surface area contributed by atoms with E-state index in [4.69, 9.17) is 32.3 Å². The third-order valence-corrected chi connectivity index (χ3v) is 17.8. The van der Waals surface area contributed by atoms with Crippen molar-refractivity contribution in [3.63, 3.8) is 0 Å². The second kappa shape index (κ2) is 73.4. The van der Waals surface area contributed by atoms with Crippen LogP contribution in [0.4, 0.5) is 0 Å². The first-order chi connectivity index (χ1) is 48.2. The Bertz CT molecular complexity index is 2330. The van der Waals surface area contributed by atoms with Gasteiger partial charge in [-0.05, 0) is 103 Å². The summed E-state index contributed by atoms with van der Waals surface area (Å²) in [6, 6.07) is 0. The zero-order chi connectivity index (χ0) is 72.3. The highest BCUT2D eigenvalue weighted by atomic mass is 31.2. The number of esters is 3. The molecule has 18 heteroatoms. The minimum absolute atomic E-state index is 0.0449. The molecule has 5 unspecified atom stereocenters. The van der Waals surface area contributed by atoms with Gasteiger partial charge in [-0.3, -0.25) is 32.5 Å². The Hall–Kier alpha value is -4.31. The first-order valence-electron chi connectivity index (χ1n) is 38.5. The molecule has 0 rings (SSSR count). The number of ether oxygens (including phenoxy) is 3. The number of aliphatic hydroxyl groups excluding tert-OH is 2. The van der Waals surface area contributed by atoms with E-state index in [1.807, 2.05) is 18.2 Å². The maximum atomic E-state index is 12.9. The number of carbonyl (C=O) groups is 3. The van der Waals surface area contributed by atoms with Crippen LogP contribution in [0.2, 0.25) is 0 Å². The van der Waals surface area contributed by atoms with Crippen molar-refractivity contribution in [3.05, 3.63) is 134 Å². The highest BCUT2D eigenvalue weighted by molar-refractivity contribution is 7.47. The van der Waals surface area contributed by atoms with Crippen molar-refractivity contribution in [1.29, 1.82) is 0 Å². The van der Waals surface area contributed by atoms with Gasteiger partial charge in [0.1, 0.15) is 25.4 Å². The SMILES string of the molecule is CC/C=C\C/C=C\C/C=C\C/C=C\C/C=C\C/C=C\CCC(=O)OCC(COP(=O)(O)OCC(O)COP(=O)(O)OCC(O)COC(=O)CCCCCCCCCCCCCCCCCCC/C=C\C/C=C\C/C=C\C/C=C\C/C=C\CC)OC(=O)CCCCCCCCCCCCC. The number of phosphoric acid groups is 2. The number of hydrogen-bond donors (Lipinski definition) is 4. The number of unbranched alkanes of at least 4 members (excludes halogenated alkanes) is 27. The van der Waals surface area contributed by atoms with Crippen LogP contribution in [0.15, 0.2) is 134 Å². The Morgan fingerprint density at radius 1 is 0.293 bits per heavy atom. The summed E-state index contributed by atoms with van der Waals surface area (Å²) >= 11 is 0. The van der Waals surface area contributed by atoms with E-state index in [9.17, 15) is 43.5 Å². The Morgan fingerprint density at radius 3 is 0.909 bits per heavy atom. The van der Waals surface area contributed by atoms with Gasteiger partial charge in [-0.2, -0.15) is 0 Å². The van der Waals surface area contributed by atoms with Gasteiger partial charge in [-0.25, -0.2) is 9.13 Å². The molecule has 0 spiro atoms. The smallest absolute Gasteiger partial charge is 0.463 e. The Balaban J connectivity index is 4.40. The van der Waals surface area contributed by atoms with E-state index < -0.39 is 91.5 Å². The van der Waals surface area contributed by atoms with Crippen LogP contribution in [0.1, 0.15) is 303 Å². The molecule has 0 aliphatic heterocycles. The highest BCUT2D eigenvalue weighted by Crippen LogP contribution is 2.45. The van der Waals surface area contributed by atoms with Gasteiger partial charge in [-0.1, -0.05) is 315 Å². The topological polar surface area (TPSA) is 231 Å². The van der Waals surface area contributed by atoms with Crippen molar-refractivity contribution in [2.75, 3.05) is 39.6 Å². The van der Waals surface area contributed by atoms with E-state index in [2.05, 4.69) is 136 Å². The van der Waals surface area contributed by atoms with Gasteiger partial charge in [0.25, 0.3) is 0 Å². The second-order valence-electron chi connectivity index (χ2n) is 25.4. The lowest BCUT2D eigenvalue weighted by Gasteiger charge is -2.21.